The highest BCUT2D eigenvalue weighted by molar-refractivity contribution is 7.13. The van der Waals surface area contributed by atoms with Crippen molar-refractivity contribution < 1.29 is 14.3 Å². The van der Waals surface area contributed by atoms with E-state index in [0.29, 0.717) is 42.2 Å². The van der Waals surface area contributed by atoms with Crippen LogP contribution >= 0.6 is 11.3 Å². The van der Waals surface area contributed by atoms with Crippen LogP contribution in [0.15, 0.2) is 65.0 Å². The minimum absolute atomic E-state index is 0.0502. The maximum atomic E-state index is 13.1. The predicted molar refractivity (Wildman–Crippen MR) is 153 cm³/mol. The topological polar surface area (TPSA) is 92.7 Å². The Morgan fingerprint density at radius 2 is 1.95 bits per heavy atom. The van der Waals surface area contributed by atoms with Gasteiger partial charge in [0.1, 0.15) is 16.5 Å². The number of hydrogen-bond acceptors (Lipinski definition) is 7. The molecule has 0 spiro atoms. The van der Waals surface area contributed by atoms with Crippen molar-refractivity contribution in [1.29, 1.82) is 0 Å². The van der Waals surface area contributed by atoms with E-state index in [2.05, 4.69) is 33.4 Å². The lowest BCUT2D eigenvalue weighted by molar-refractivity contribution is 0.0950. The lowest BCUT2D eigenvalue weighted by Gasteiger charge is -2.12. The molecule has 0 atom stereocenters. The maximum Gasteiger partial charge on any atom is 0.270 e. The second-order valence-electron chi connectivity index (χ2n) is 9.18. The molecule has 0 unspecified atom stereocenters. The van der Waals surface area contributed by atoms with Crippen LogP contribution in [0.1, 0.15) is 43.1 Å². The van der Waals surface area contributed by atoms with Crippen LogP contribution in [-0.4, -0.2) is 43.1 Å². The Morgan fingerprint density at radius 1 is 1.08 bits per heavy atom. The average Bonchev–Trinajstić information content (AvgIpc) is 3.61. The van der Waals surface area contributed by atoms with Crippen LogP contribution in [-0.2, 0) is 6.42 Å². The van der Waals surface area contributed by atoms with Crippen molar-refractivity contribution in [2.45, 2.75) is 20.3 Å². The third-order valence-corrected chi connectivity index (χ3v) is 7.36. The minimum atomic E-state index is -0.227. The number of aromatic nitrogens is 1. The number of aliphatic imine (C=N–C) groups is 1. The molecule has 38 heavy (non-hydrogen) atoms. The van der Waals surface area contributed by atoms with E-state index in [1.54, 1.807) is 17.5 Å². The Bertz CT molecular complexity index is 1540. The highest BCUT2D eigenvalue weighted by Crippen LogP contribution is 2.32. The first kappa shape index (κ1) is 25.4. The van der Waals surface area contributed by atoms with E-state index < -0.39 is 0 Å². The third kappa shape index (κ3) is 5.35. The second kappa shape index (κ2) is 11.0. The van der Waals surface area contributed by atoms with E-state index in [9.17, 15) is 9.59 Å². The summed E-state index contributed by atoms with van der Waals surface area (Å²) in [7, 11) is 0. The second-order valence-corrected chi connectivity index (χ2v) is 10.0. The number of thiazole rings is 1. The number of anilines is 1. The number of ether oxygens (including phenoxy) is 1. The molecule has 1 amide bonds. The number of amides is 1. The van der Waals surface area contributed by atoms with Gasteiger partial charge < -0.3 is 15.4 Å². The summed E-state index contributed by atoms with van der Waals surface area (Å²) in [4.78, 5) is 34.3. The van der Waals surface area contributed by atoms with Gasteiger partial charge in [0, 0.05) is 41.6 Å². The number of aryl methyl sites for hydroxylation is 2. The van der Waals surface area contributed by atoms with E-state index in [0.717, 1.165) is 39.6 Å². The van der Waals surface area contributed by atoms with Crippen molar-refractivity contribution in [1.82, 2.24) is 10.3 Å². The molecule has 8 heteroatoms. The number of rotatable bonds is 9. The summed E-state index contributed by atoms with van der Waals surface area (Å²) in [6.07, 6.45) is 0.892. The molecule has 0 fully saturated rings. The van der Waals surface area contributed by atoms with E-state index in [-0.39, 0.29) is 11.7 Å². The van der Waals surface area contributed by atoms with Crippen LogP contribution in [0.4, 0.5) is 11.4 Å². The Balaban J connectivity index is 1.17. The van der Waals surface area contributed by atoms with Gasteiger partial charge in [-0.25, -0.2) is 4.98 Å². The molecular formula is C30H28N4O3S. The van der Waals surface area contributed by atoms with Crippen LogP contribution in [0.5, 0.6) is 5.75 Å². The molecule has 5 rings (SSSR count). The first-order valence-corrected chi connectivity index (χ1v) is 13.3. The van der Waals surface area contributed by atoms with Gasteiger partial charge in [0.2, 0.25) is 0 Å². The smallest absolute Gasteiger partial charge is 0.270 e. The molecule has 192 valence electrons. The largest absolute Gasteiger partial charge is 0.493 e. The zero-order valence-corrected chi connectivity index (χ0v) is 22.2. The fourth-order valence-electron chi connectivity index (χ4n) is 4.38. The number of nitrogens with one attached hydrogen (secondary N) is 2. The quantitative estimate of drug-likeness (QED) is 0.165. The van der Waals surface area contributed by atoms with Gasteiger partial charge in [-0.3, -0.25) is 14.6 Å². The lowest BCUT2D eigenvalue weighted by Crippen LogP contribution is -2.29. The first-order valence-electron chi connectivity index (χ1n) is 12.4. The van der Waals surface area contributed by atoms with E-state index in [4.69, 9.17) is 4.74 Å². The summed E-state index contributed by atoms with van der Waals surface area (Å²) in [6.45, 7) is 9.12. The minimum Gasteiger partial charge on any atom is -0.493 e. The van der Waals surface area contributed by atoms with Gasteiger partial charge in [-0.05, 0) is 74.2 Å². The van der Waals surface area contributed by atoms with Gasteiger partial charge in [-0.2, -0.15) is 0 Å². The van der Waals surface area contributed by atoms with Crippen LogP contribution < -0.4 is 15.4 Å². The molecular weight excluding hydrogens is 496 g/mol. The Hall–Kier alpha value is -4.30. The molecule has 0 bridgehead atoms. The van der Waals surface area contributed by atoms with E-state index in [1.807, 2.05) is 50.2 Å². The van der Waals surface area contributed by atoms with Crippen molar-refractivity contribution in [2.75, 3.05) is 25.0 Å². The summed E-state index contributed by atoms with van der Waals surface area (Å²) >= 11 is 1.45. The van der Waals surface area contributed by atoms with Crippen LogP contribution in [0.2, 0.25) is 0 Å². The average molecular weight is 525 g/mol. The summed E-state index contributed by atoms with van der Waals surface area (Å²) in [5.74, 6) is 0.647. The molecule has 1 aliphatic heterocycles. The number of hydrogen-bond donors (Lipinski definition) is 2. The van der Waals surface area contributed by atoms with Gasteiger partial charge in [0.15, 0.2) is 5.78 Å². The summed E-state index contributed by atoms with van der Waals surface area (Å²) in [6, 6.07) is 17.2. The molecule has 1 aromatic heterocycles. The van der Waals surface area contributed by atoms with Gasteiger partial charge in [0.05, 0.1) is 18.0 Å². The van der Waals surface area contributed by atoms with E-state index in [1.165, 1.54) is 16.9 Å². The number of ketones is 1. The normalized spacial score (nSPS) is 11.9. The summed E-state index contributed by atoms with van der Waals surface area (Å²) in [5.41, 5.74) is 7.07. The van der Waals surface area contributed by atoms with Crippen LogP contribution in [0.25, 0.3) is 10.6 Å². The summed E-state index contributed by atoms with van der Waals surface area (Å²) < 4.78 is 5.57. The molecule has 3 aromatic carbocycles. The molecule has 0 saturated heterocycles. The highest BCUT2D eigenvalue weighted by atomic mass is 32.1. The van der Waals surface area contributed by atoms with Crippen LogP contribution in [0, 0.1) is 13.8 Å². The van der Waals surface area contributed by atoms with Crippen molar-refractivity contribution in [3.63, 3.8) is 0 Å². The SMILES string of the molecule is C=Nc1cc(C(=O)c2cc(C)ccc2C)ccc1NCCNC(=O)c1csc(-c2ccc3c(c2)CCO3)n1. The van der Waals surface area contributed by atoms with Crippen molar-refractivity contribution in [3.8, 4) is 16.3 Å². The molecule has 2 N–H and O–H groups in total. The van der Waals surface area contributed by atoms with Crippen molar-refractivity contribution >= 4 is 41.1 Å². The third-order valence-electron chi connectivity index (χ3n) is 6.47. The Morgan fingerprint density at radius 3 is 2.79 bits per heavy atom. The lowest BCUT2D eigenvalue weighted by atomic mass is 9.97. The summed E-state index contributed by atoms with van der Waals surface area (Å²) in [5, 5.41) is 8.74. The molecule has 0 radical (unpaired) electrons. The maximum absolute atomic E-state index is 13.1. The number of carbonyl (C=O) groups is 2. The Kier molecular flexibility index (Phi) is 7.33. The zero-order chi connectivity index (χ0) is 26.6. The predicted octanol–water partition coefficient (Wildman–Crippen LogP) is 5.77. The highest BCUT2D eigenvalue weighted by Gasteiger charge is 2.17. The fraction of sp³-hybridized carbons (Fsp3) is 0.200. The van der Waals surface area contributed by atoms with Crippen LogP contribution in [0.3, 0.4) is 0 Å². The number of carbonyl (C=O) groups excluding carboxylic acids is 2. The zero-order valence-electron chi connectivity index (χ0n) is 21.3. The number of nitrogens with zero attached hydrogens (tertiary/aromatic N) is 2. The van der Waals surface area contributed by atoms with Gasteiger partial charge in [0.25, 0.3) is 5.91 Å². The first-order chi connectivity index (χ1) is 18.4. The molecule has 0 saturated carbocycles. The molecule has 1 aliphatic rings. The number of benzene rings is 3. The fourth-order valence-corrected chi connectivity index (χ4v) is 5.18. The van der Waals surface area contributed by atoms with Crippen molar-refractivity contribution in [2.24, 2.45) is 4.99 Å². The number of fused-ring (bicyclic) bond motifs is 1. The van der Waals surface area contributed by atoms with Gasteiger partial charge >= 0.3 is 0 Å². The molecule has 2 heterocycles. The van der Waals surface area contributed by atoms with Gasteiger partial charge in [-0.15, -0.1) is 11.3 Å². The molecule has 7 nitrogen and oxygen atoms in total. The molecule has 4 aromatic rings. The van der Waals surface area contributed by atoms with E-state index >= 15 is 0 Å². The Labute approximate surface area is 225 Å². The van der Waals surface area contributed by atoms with Gasteiger partial charge in [-0.1, -0.05) is 17.7 Å². The van der Waals surface area contributed by atoms with Crippen molar-refractivity contribution in [3.05, 3.63) is 93.5 Å². The standard InChI is InChI=1S/C30H28N4O3S/c1-18-4-5-19(2)23(14-18)28(35)21-6-8-24(25(16-21)31-3)32-11-12-33-29(36)26-17-38-30(34-26)22-7-9-27-20(15-22)10-13-37-27/h4-9,14-17,32H,3,10-13H2,1-2H3,(H,33,36). The molecule has 0 aliphatic carbocycles. The monoisotopic (exact) mass is 524 g/mol.